The van der Waals surface area contributed by atoms with E-state index in [1.165, 1.54) is 6.26 Å². The highest BCUT2D eigenvalue weighted by Gasteiger charge is 2.24. The second-order valence-electron chi connectivity index (χ2n) is 6.33. The van der Waals surface area contributed by atoms with Crippen LogP contribution in [0.5, 0.6) is 0 Å². The summed E-state index contributed by atoms with van der Waals surface area (Å²) >= 11 is 0. The van der Waals surface area contributed by atoms with Crippen LogP contribution in [0.25, 0.3) is 5.69 Å². The summed E-state index contributed by atoms with van der Waals surface area (Å²) in [5, 5.41) is 7.59. The highest BCUT2D eigenvalue weighted by Crippen LogP contribution is 2.15. The highest BCUT2D eigenvalue weighted by atomic mass is 16.3. The van der Waals surface area contributed by atoms with Crippen LogP contribution in [0, 0.1) is 0 Å². The molecule has 0 bridgehead atoms. The summed E-state index contributed by atoms with van der Waals surface area (Å²) in [7, 11) is 0. The Labute approximate surface area is 156 Å². The molecule has 0 radical (unpaired) electrons. The average Bonchev–Trinajstić information content (AvgIpc) is 3.38. The quantitative estimate of drug-likeness (QED) is 0.707. The van der Waals surface area contributed by atoms with Crippen LogP contribution in [0.1, 0.15) is 27.3 Å². The van der Waals surface area contributed by atoms with E-state index in [-0.39, 0.29) is 11.8 Å². The lowest BCUT2D eigenvalue weighted by Crippen LogP contribution is -2.37. The van der Waals surface area contributed by atoms with Crippen molar-refractivity contribution >= 4 is 11.8 Å². The number of carbonyl (C=O) groups is 2. The van der Waals surface area contributed by atoms with Gasteiger partial charge in [0.1, 0.15) is 12.7 Å². The van der Waals surface area contributed by atoms with E-state index in [4.69, 9.17) is 4.42 Å². The van der Waals surface area contributed by atoms with Gasteiger partial charge in [-0.15, -0.1) is 10.2 Å². The number of aromatic nitrogens is 3. The molecule has 27 heavy (non-hydrogen) atoms. The average molecular weight is 365 g/mol. The second-order valence-corrected chi connectivity index (χ2v) is 6.33. The van der Waals surface area contributed by atoms with Crippen molar-refractivity contribution in [3.8, 4) is 5.69 Å². The van der Waals surface area contributed by atoms with E-state index in [0.29, 0.717) is 37.5 Å². The molecule has 2 amide bonds. The van der Waals surface area contributed by atoms with Crippen molar-refractivity contribution in [2.75, 3.05) is 26.2 Å². The van der Waals surface area contributed by atoms with Crippen molar-refractivity contribution in [2.45, 2.75) is 6.42 Å². The minimum Gasteiger partial charge on any atom is -0.459 e. The zero-order chi connectivity index (χ0) is 18.6. The van der Waals surface area contributed by atoms with Crippen molar-refractivity contribution in [1.82, 2.24) is 24.6 Å². The highest BCUT2D eigenvalue weighted by molar-refractivity contribution is 5.95. The van der Waals surface area contributed by atoms with Gasteiger partial charge in [-0.25, -0.2) is 0 Å². The number of rotatable bonds is 3. The van der Waals surface area contributed by atoms with E-state index in [2.05, 4.69) is 10.2 Å². The fraction of sp³-hybridized carbons (Fsp3) is 0.263. The minimum atomic E-state index is -0.135. The van der Waals surface area contributed by atoms with Gasteiger partial charge in [-0.3, -0.25) is 14.2 Å². The molecule has 8 heteroatoms. The van der Waals surface area contributed by atoms with E-state index >= 15 is 0 Å². The SMILES string of the molecule is O=C(c1cccc(-n2cnnc2)c1)N1CCCN(C(=O)c2ccco2)CC1. The Morgan fingerprint density at radius 2 is 1.63 bits per heavy atom. The maximum Gasteiger partial charge on any atom is 0.289 e. The molecule has 8 nitrogen and oxygen atoms in total. The Morgan fingerprint density at radius 3 is 2.33 bits per heavy atom. The van der Waals surface area contributed by atoms with Gasteiger partial charge in [-0.2, -0.15) is 0 Å². The van der Waals surface area contributed by atoms with Gasteiger partial charge < -0.3 is 14.2 Å². The predicted molar refractivity (Wildman–Crippen MR) is 96.5 cm³/mol. The molecule has 0 spiro atoms. The first kappa shape index (κ1) is 17.0. The molecule has 1 fully saturated rings. The van der Waals surface area contributed by atoms with Gasteiger partial charge in [0.15, 0.2) is 5.76 Å². The van der Waals surface area contributed by atoms with Gasteiger partial charge in [-0.1, -0.05) is 6.07 Å². The summed E-state index contributed by atoms with van der Waals surface area (Å²) in [6, 6.07) is 10.7. The zero-order valence-electron chi connectivity index (χ0n) is 14.7. The molecule has 0 aliphatic carbocycles. The van der Waals surface area contributed by atoms with E-state index in [1.807, 2.05) is 18.2 Å². The largest absolute Gasteiger partial charge is 0.459 e. The third-order valence-electron chi connectivity index (χ3n) is 4.61. The van der Waals surface area contributed by atoms with Crippen LogP contribution in [-0.4, -0.2) is 62.6 Å². The Balaban J connectivity index is 1.45. The molecule has 0 N–H and O–H groups in total. The lowest BCUT2D eigenvalue weighted by atomic mass is 10.1. The van der Waals surface area contributed by atoms with Crippen molar-refractivity contribution in [2.24, 2.45) is 0 Å². The molecular formula is C19H19N5O3. The molecule has 2 aromatic heterocycles. The first-order valence-electron chi connectivity index (χ1n) is 8.79. The van der Waals surface area contributed by atoms with Gasteiger partial charge in [0.25, 0.3) is 11.8 Å². The lowest BCUT2D eigenvalue weighted by Gasteiger charge is -2.22. The first-order chi connectivity index (χ1) is 13.2. The molecular weight excluding hydrogens is 346 g/mol. The fourth-order valence-electron chi connectivity index (χ4n) is 3.20. The number of amides is 2. The normalized spacial score (nSPS) is 14.8. The van der Waals surface area contributed by atoms with Gasteiger partial charge >= 0.3 is 0 Å². The van der Waals surface area contributed by atoms with Crippen LogP contribution in [0.2, 0.25) is 0 Å². The third-order valence-corrected chi connectivity index (χ3v) is 4.61. The standard InChI is InChI=1S/C19H19N5O3/c25-18(15-4-1-5-16(12-15)24-13-20-21-14-24)22-7-3-8-23(10-9-22)19(26)17-6-2-11-27-17/h1-2,4-6,11-14H,3,7-10H2. The Kier molecular flexibility index (Phi) is 4.69. The van der Waals surface area contributed by atoms with E-state index in [0.717, 1.165) is 12.1 Å². The summed E-state index contributed by atoms with van der Waals surface area (Å²) in [5.74, 6) is 0.151. The summed E-state index contributed by atoms with van der Waals surface area (Å²) in [6.45, 7) is 2.18. The predicted octanol–water partition coefficient (Wildman–Crippen LogP) is 1.85. The number of benzene rings is 1. The van der Waals surface area contributed by atoms with Crippen LogP contribution < -0.4 is 0 Å². The monoisotopic (exact) mass is 365 g/mol. The molecule has 1 aliphatic rings. The topological polar surface area (TPSA) is 84.5 Å². The molecule has 1 aromatic carbocycles. The Bertz CT molecular complexity index is 921. The first-order valence-corrected chi connectivity index (χ1v) is 8.79. The van der Waals surface area contributed by atoms with Gasteiger partial charge in [0, 0.05) is 37.4 Å². The maximum atomic E-state index is 12.9. The molecule has 0 unspecified atom stereocenters. The number of nitrogens with zero attached hydrogens (tertiary/aromatic N) is 5. The summed E-state index contributed by atoms with van der Waals surface area (Å²) < 4.78 is 6.95. The fourth-order valence-corrected chi connectivity index (χ4v) is 3.20. The summed E-state index contributed by atoms with van der Waals surface area (Å²) in [4.78, 5) is 28.9. The summed E-state index contributed by atoms with van der Waals surface area (Å²) in [6.07, 6.45) is 5.40. The van der Waals surface area contributed by atoms with Crippen molar-refractivity contribution in [3.05, 3.63) is 66.6 Å². The smallest absolute Gasteiger partial charge is 0.289 e. The van der Waals surface area contributed by atoms with Crippen molar-refractivity contribution in [1.29, 1.82) is 0 Å². The van der Waals surface area contributed by atoms with E-state index in [1.54, 1.807) is 45.2 Å². The zero-order valence-corrected chi connectivity index (χ0v) is 14.7. The van der Waals surface area contributed by atoms with Crippen LogP contribution in [0.4, 0.5) is 0 Å². The summed E-state index contributed by atoms with van der Waals surface area (Å²) in [5.41, 5.74) is 1.43. The molecule has 138 valence electrons. The van der Waals surface area contributed by atoms with Crippen LogP contribution >= 0.6 is 0 Å². The molecule has 3 aromatic rings. The second kappa shape index (κ2) is 7.45. The van der Waals surface area contributed by atoms with Crippen LogP contribution in [-0.2, 0) is 0 Å². The maximum absolute atomic E-state index is 12.9. The molecule has 0 atom stereocenters. The Morgan fingerprint density at radius 1 is 0.889 bits per heavy atom. The lowest BCUT2D eigenvalue weighted by molar-refractivity contribution is 0.0700. The molecule has 1 saturated heterocycles. The minimum absolute atomic E-state index is 0.0442. The van der Waals surface area contributed by atoms with Crippen LogP contribution in [0.15, 0.2) is 59.7 Å². The molecule has 3 heterocycles. The van der Waals surface area contributed by atoms with Gasteiger partial charge in [-0.05, 0) is 36.8 Å². The Hall–Kier alpha value is -3.42. The molecule has 0 saturated carbocycles. The number of hydrogen-bond donors (Lipinski definition) is 0. The van der Waals surface area contributed by atoms with E-state index in [9.17, 15) is 9.59 Å². The van der Waals surface area contributed by atoms with Gasteiger partial charge in [0.05, 0.1) is 6.26 Å². The number of hydrogen-bond acceptors (Lipinski definition) is 5. The van der Waals surface area contributed by atoms with Gasteiger partial charge in [0.2, 0.25) is 0 Å². The van der Waals surface area contributed by atoms with E-state index < -0.39 is 0 Å². The molecule has 1 aliphatic heterocycles. The third kappa shape index (κ3) is 3.59. The molecule has 4 rings (SSSR count). The van der Waals surface area contributed by atoms with Crippen molar-refractivity contribution < 1.29 is 14.0 Å². The van der Waals surface area contributed by atoms with Crippen molar-refractivity contribution in [3.63, 3.8) is 0 Å². The number of carbonyl (C=O) groups excluding carboxylic acids is 2. The number of furan rings is 1. The van der Waals surface area contributed by atoms with Crippen LogP contribution in [0.3, 0.4) is 0 Å².